The molecule has 1 atom stereocenters. The van der Waals surface area contributed by atoms with E-state index in [-0.39, 0.29) is 22.6 Å². The van der Waals surface area contributed by atoms with Crippen molar-refractivity contribution < 1.29 is 17.9 Å². The maximum absolute atomic E-state index is 13.1. The molecule has 0 bridgehead atoms. The van der Waals surface area contributed by atoms with E-state index in [1.807, 2.05) is 4.90 Å². The van der Waals surface area contributed by atoms with Gasteiger partial charge in [0, 0.05) is 37.3 Å². The molecule has 2 saturated heterocycles. The summed E-state index contributed by atoms with van der Waals surface area (Å²) in [5.74, 6) is 0.166. The zero-order valence-electron chi connectivity index (χ0n) is 17.1. The van der Waals surface area contributed by atoms with Crippen molar-refractivity contribution in [1.29, 1.82) is 0 Å². The van der Waals surface area contributed by atoms with Crippen LogP contribution in [0.5, 0.6) is 5.75 Å². The van der Waals surface area contributed by atoms with Gasteiger partial charge in [-0.1, -0.05) is 19.3 Å². The van der Waals surface area contributed by atoms with Crippen LogP contribution in [0.4, 0.5) is 0 Å². The van der Waals surface area contributed by atoms with Crippen molar-refractivity contribution in [1.82, 2.24) is 14.5 Å². The zero-order chi connectivity index (χ0) is 20.4. The van der Waals surface area contributed by atoms with E-state index in [1.54, 1.807) is 12.1 Å². The number of amides is 1. The highest BCUT2D eigenvalue weighted by Gasteiger charge is 2.32. The van der Waals surface area contributed by atoms with Gasteiger partial charge in [0.05, 0.1) is 7.11 Å². The number of piperazine rings is 1. The Labute approximate surface area is 173 Å². The van der Waals surface area contributed by atoms with Gasteiger partial charge in [0.25, 0.3) is 5.91 Å². The molecule has 1 aromatic carbocycles. The van der Waals surface area contributed by atoms with Gasteiger partial charge in [0.1, 0.15) is 10.6 Å². The van der Waals surface area contributed by atoms with Gasteiger partial charge in [-0.05, 0) is 50.4 Å². The van der Waals surface area contributed by atoms with Crippen molar-refractivity contribution in [3.63, 3.8) is 0 Å². The average molecular weight is 422 g/mol. The predicted molar refractivity (Wildman–Crippen MR) is 111 cm³/mol. The van der Waals surface area contributed by atoms with Crippen LogP contribution in [-0.4, -0.2) is 69.5 Å². The van der Waals surface area contributed by atoms with Gasteiger partial charge >= 0.3 is 0 Å². The first-order valence-corrected chi connectivity index (χ1v) is 12.2. The first-order chi connectivity index (χ1) is 14.0. The van der Waals surface area contributed by atoms with Crippen molar-refractivity contribution in [2.75, 3.05) is 33.3 Å². The number of carbonyl (C=O) groups is 1. The summed E-state index contributed by atoms with van der Waals surface area (Å²) < 4.78 is 34.1. The van der Waals surface area contributed by atoms with Crippen LogP contribution in [0.3, 0.4) is 0 Å². The van der Waals surface area contributed by atoms with E-state index in [9.17, 15) is 13.2 Å². The largest absolute Gasteiger partial charge is 0.495 e. The summed E-state index contributed by atoms with van der Waals surface area (Å²) in [6.45, 7) is 3.41. The van der Waals surface area contributed by atoms with Gasteiger partial charge in [0.15, 0.2) is 0 Å². The smallest absolute Gasteiger partial charge is 0.253 e. The Bertz CT molecular complexity index is 851. The third-order valence-corrected chi connectivity index (χ3v) is 8.04. The van der Waals surface area contributed by atoms with Crippen LogP contribution in [0.15, 0.2) is 23.1 Å². The van der Waals surface area contributed by atoms with E-state index in [0.717, 1.165) is 45.2 Å². The molecule has 1 saturated carbocycles. The van der Waals surface area contributed by atoms with Gasteiger partial charge < -0.3 is 9.64 Å². The minimum Gasteiger partial charge on any atom is -0.495 e. The summed E-state index contributed by atoms with van der Waals surface area (Å²) in [4.78, 5) is 17.5. The number of benzene rings is 1. The predicted octanol–water partition coefficient (Wildman–Crippen LogP) is 2.23. The number of hydrogen-bond donors (Lipinski definition) is 1. The second-order valence-electron chi connectivity index (χ2n) is 8.41. The summed E-state index contributed by atoms with van der Waals surface area (Å²) >= 11 is 0. The molecule has 2 aliphatic heterocycles. The van der Waals surface area contributed by atoms with Gasteiger partial charge in [-0.15, -0.1) is 0 Å². The number of hydrogen-bond acceptors (Lipinski definition) is 5. The Hall–Kier alpha value is -1.64. The summed E-state index contributed by atoms with van der Waals surface area (Å²) in [6.07, 6.45) is 7.35. The molecule has 29 heavy (non-hydrogen) atoms. The lowest BCUT2D eigenvalue weighted by molar-refractivity contribution is 0.0372. The Balaban J connectivity index is 1.55. The minimum absolute atomic E-state index is 0.0385. The van der Waals surface area contributed by atoms with Gasteiger partial charge in [-0.3, -0.25) is 9.69 Å². The number of methoxy groups -OCH3 is 1. The van der Waals surface area contributed by atoms with Crippen molar-refractivity contribution in [3.8, 4) is 5.75 Å². The monoisotopic (exact) mass is 421 g/mol. The highest BCUT2D eigenvalue weighted by molar-refractivity contribution is 7.89. The fraction of sp³-hybridized carbons (Fsp3) is 0.667. The fourth-order valence-electron chi connectivity index (χ4n) is 4.87. The normalized spacial score (nSPS) is 23.8. The molecule has 1 N–H and O–H groups in total. The Morgan fingerprint density at radius 1 is 1.07 bits per heavy atom. The van der Waals surface area contributed by atoms with Crippen LogP contribution in [0.25, 0.3) is 0 Å². The van der Waals surface area contributed by atoms with Crippen molar-refractivity contribution in [3.05, 3.63) is 23.8 Å². The first-order valence-electron chi connectivity index (χ1n) is 10.7. The molecule has 160 valence electrons. The molecule has 7 nitrogen and oxygen atoms in total. The SMILES string of the molecule is COc1ccc(C(=O)N2CCN3CCCC[C@@H]3C2)cc1S(=O)(=O)NC1CCCC1. The quantitative estimate of drug-likeness (QED) is 0.789. The zero-order valence-corrected chi connectivity index (χ0v) is 17.9. The Kier molecular flexibility index (Phi) is 6.13. The maximum atomic E-state index is 13.1. The molecule has 3 aliphatic rings. The van der Waals surface area contributed by atoms with Gasteiger partial charge in [0.2, 0.25) is 10.0 Å². The van der Waals surface area contributed by atoms with Gasteiger partial charge in [-0.2, -0.15) is 0 Å². The summed E-state index contributed by atoms with van der Waals surface area (Å²) in [5, 5.41) is 0. The summed E-state index contributed by atoms with van der Waals surface area (Å²) in [6, 6.07) is 5.12. The van der Waals surface area contributed by atoms with Crippen LogP contribution in [0.1, 0.15) is 55.3 Å². The number of rotatable bonds is 5. The first kappa shape index (κ1) is 20.6. The van der Waals surface area contributed by atoms with Crippen molar-refractivity contribution >= 4 is 15.9 Å². The van der Waals surface area contributed by atoms with Crippen molar-refractivity contribution in [2.45, 2.75) is 61.9 Å². The number of nitrogens with one attached hydrogen (secondary N) is 1. The number of nitrogens with zero attached hydrogens (tertiary/aromatic N) is 2. The van der Waals surface area contributed by atoms with Crippen LogP contribution < -0.4 is 9.46 Å². The minimum atomic E-state index is -3.75. The topological polar surface area (TPSA) is 79.0 Å². The second-order valence-corrected chi connectivity index (χ2v) is 10.1. The molecule has 8 heteroatoms. The van der Waals surface area contributed by atoms with Crippen LogP contribution >= 0.6 is 0 Å². The van der Waals surface area contributed by atoms with Crippen LogP contribution in [0, 0.1) is 0 Å². The Morgan fingerprint density at radius 2 is 1.83 bits per heavy atom. The third-order valence-electron chi connectivity index (χ3n) is 6.50. The molecule has 0 aromatic heterocycles. The number of sulfonamides is 1. The lowest BCUT2D eigenvalue weighted by Gasteiger charge is -2.44. The average Bonchev–Trinajstić information content (AvgIpc) is 3.24. The lowest BCUT2D eigenvalue weighted by Crippen LogP contribution is -2.56. The van der Waals surface area contributed by atoms with E-state index < -0.39 is 10.0 Å². The molecule has 3 fully saturated rings. The van der Waals surface area contributed by atoms with Crippen LogP contribution in [0.2, 0.25) is 0 Å². The molecule has 0 spiro atoms. The van der Waals surface area contributed by atoms with Gasteiger partial charge in [-0.25, -0.2) is 13.1 Å². The van der Waals surface area contributed by atoms with Crippen molar-refractivity contribution in [2.24, 2.45) is 0 Å². The van der Waals surface area contributed by atoms with E-state index in [1.165, 1.54) is 26.0 Å². The molecule has 1 aliphatic carbocycles. The summed E-state index contributed by atoms with van der Waals surface area (Å²) in [5.41, 5.74) is 0.404. The third kappa shape index (κ3) is 4.44. The van der Waals surface area contributed by atoms with E-state index >= 15 is 0 Å². The number of carbonyl (C=O) groups excluding carboxylic acids is 1. The van der Waals surface area contributed by atoms with E-state index in [2.05, 4.69) is 9.62 Å². The van der Waals surface area contributed by atoms with E-state index in [4.69, 9.17) is 4.74 Å². The van der Waals surface area contributed by atoms with E-state index in [0.29, 0.717) is 24.7 Å². The highest BCUT2D eigenvalue weighted by Crippen LogP contribution is 2.28. The number of ether oxygens (including phenoxy) is 1. The maximum Gasteiger partial charge on any atom is 0.253 e. The second kappa shape index (κ2) is 8.62. The molecule has 2 heterocycles. The molecule has 4 rings (SSSR count). The Morgan fingerprint density at radius 3 is 2.59 bits per heavy atom. The fourth-order valence-corrected chi connectivity index (χ4v) is 6.37. The lowest BCUT2D eigenvalue weighted by atomic mass is 9.99. The number of fused-ring (bicyclic) bond motifs is 1. The summed E-state index contributed by atoms with van der Waals surface area (Å²) in [7, 11) is -2.29. The number of piperidine rings is 1. The molecular formula is C21H31N3O4S. The highest BCUT2D eigenvalue weighted by atomic mass is 32.2. The standard InChI is InChI=1S/C21H31N3O4S/c1-28-19-10-9-16(14-20(19)29(26,27)22-17-6-2-3-7-17)21(25)24-13-12-23-11-5-4-8-18(23)15-24/h9-10,14,17-18,22H,2-8,11-13,15H2,1H3/t18-/m1/s1. The molecule has 0 unspecified atom stereocenters. The molecule has 0 radical (unpaired) electrons. The molecule has 1 aromatic rings. The molecule has 1 amide bonds. The molecular weight excluding hydrogens is 390 g/mol. The van der Waals surface area contributed by atoms with Crippen LogP contribution in [-0.2, 0) is 10.0 Å².